The zero-order chi connectivity index (χ0) is 19.4. The number of nitrogens with zero attached hydrogens (tertiary/aromatic N) is 2. The molecule has 140 valence electrons. The van der Waals surface area contributed by atoms with Gasteiger partial charge in [0.25, 0.3) is 10.0 Å². The predicted molar refractivity (Wildman–Crippen MR) is 98.8 cm³/mol. The third-order valence-electron chi connectivity index (χ3n) is 3.97. The summed E-state index contributed by atoms with van der Waals surface area (Å²) in [4.78, 5) is 16.3. The van der Waals surface area contributed by atoms with Gasteiger partial charge in [-0.2, -0.15) is 0 Å². The maximum atomic E-state index is 12.8. The van der Waals surface area contributed by atoms with Crippen LogP contribution in [0.3, 0.4) is 0 Å². The Labute approximate surface area is 157 Å². The third kappa shape index (κ3) is 3.85. The first-order valence-electron chi connectivity index (χ1n) is 8.04. The van der Waals surface area contributed by atoms with Gasteiger partial charge in [-0.1, -0.05) is 6.07 Å². The van der Waals surface area contributed by atoms with Crippen LogP contribution in [-0.2, 0) is 16.4 Å². The number of Topliss-reactive ketones (excluding diaryl/α,β-unsaturated/α-hetero) is 1. The van der Waals surface area contributed by atoms with Gasteiger partial charge in [-0.25, -0.2) is 12.4 Å². The minimum Gasteiger partial charge on any atom is -0.493 e. The molecule has 2 heterocycles. The molecule has 0 spiro atoms. The second kappa shape index (κ2) is 7.63. The average Bonchev–Trinajstić information content (AvgIpc) is 3.17. The quantitative estimate of drug-likeness (QED) is 0.580. The molecular weight excluding hydrogens is 368 g/mol. The Balaban J connectivity index is 1.86. The molecule has 7 nitrogen and oxygen atoms in total. The Morgan fingerprint density at radius 2 is 1.85 bits per heavy atom. The Morgan fingerprint density at radius 3 is 2.52 bits per heavy atom. The molecule has 3 rings (SSSR count). The van der Waals surface area contributed by atoms with Crippen molar-refractivity contribution in [3.05, 3.63) is 72.3 Å². The molecule has 0 bridgehead atoms. The molecule has 8 heteroatoms. The van der Waals surface area contributed by atoms with E-state index < -0.39 is 10.0 Å². The van der Waals surface area contributed by atoms with Crippen molar-refractivity contribution in [2.75, 3.05) is 14.2 Å². The summed E-state index contributed by atoms with van der Waals surface area (Å²) in [6.07, 6.45) is 4.44. The van der Waals surface area contributed by atoms with Crippen LogP contribution in [0.1, 0.15) is 16.1 Å². The molecular formula is C19H18N2O5S. The zero-order valence-electron chi connectivity index (χ0n) is 14.8. The van der Waals surface area contributed by atoms with E-state index >= 15 is 0 Å². The van der Waals surface area contributed by atoms with Crippen LogP contribution in [0.2, 0.25) is 0 Å². The molecule has 1 aromatic carbocycles. The van der Waals surface area contributed by atoms with E-state index in [-0.39, 0.29) is 17.1 Å². The number of ketones is 1. The fraction of sp³-hybridized carbons (Fsp3) is 0.158. The molecule has 0 atom stereocenters. The van der Waals surface area contributed by atoms with E-state index in [1.807, 2.05) is 0 Å². The molecule has 0 radical (unpaired) electrons. The Kier molecular flexibility index (Phi) is 5.27. The van der Waals surface area contributed by atoms with Crippen molar-refractivity contribution in [2.45, 2.75) is 11.3 Å². The van der Waals surface area contributed by atoms with Gasteiger partial charge in [-0.05, 0) is 35.9 Å². The number of ether oxygens (including phenoxy) is 2. The second-order valence-electron chi connectivity index (χ2n) is 5.69. The lowest BCUT2D eigenvalue weighted by molar-refractivity contribution is 0.0988. The molecule has 0 saturated heterocycles. The Morgan fingerprint density at radius 1 is 1.07 bits per heavy atom. The number of benzene rings is 1. The predicted octanol–water partition coefficient (Wildman–Crippen LogP) is 2.56. The van der Waals surface area contributed by atoms with E-state index in [2.05, 4.69) is 4.98 Å². The lowest BCUT2D eigenvalue weighted by Crippen LogP contribution is -2.11. The summed E-state index contributed by atoms with van der Waals surface area (Å²) in [6.45, 7) is 0. The van der Waals surface area contributed by atoms with Gasteiger partial charge in [-0.15, -0.1) is 0 Å². The lowest BCUT2D eigenvalue weighted by atomic mass is 10.1. The van der Waals surface area contributed by atoms with E-state index in [0.29, 0.717) is 22.8 Å². The maximum Gasteiger partial charge on any atom is 0.267 e. The fourth-order valence-electron chi connectivity index (χ4n) is 2.58. The minimum atomic E-state index is -3.82. The molecule has 0 fully saturated rings. The summed E-state index contributed by atoms with van der Waals surface area (Å²) >= 11 is 0. The standard InChI is InChI=1S/C19H18N2O5S/c1-25-18-7-6-15(12-19(18)26-2)27(23,24)21-10-8-14(13-21)11-17(22)16-5-3-4-9-20-16/h3-10,12-13H,11H2,1-2H3. The molecule has 0 aliphatic heterocycles. The van der Waals surface area contributed by atoms with Crippen molar-refractivity contribution < 1.29 is 22.7 Å². The number of hydrogen-bond donors (Lipinski definition) is 0. The number of hydrogen-bond acceptors (Lipinski definition) is 6. The van der Waals surface area contributed by atoms with Gasteiger partial charge in [0.15, 0.2) is 17.3 Å². The fourth-order valence-corrected chi connectivity index (χ4v) is 3.81. The summed E-state index contributed by atoms with van der Waals surface area (Å²) in [6, 6.07) is 11.0. The van der Waals surface area contributed by atoms with Crippen LogP contribution in [0.15, 0.2) is 66.0 Å². The summed E-state index contributed by atoms with van der Waals surface area (Å²) < 4.78 is 37.1. The molecule has 0 aliphatic rings. The molecule has 3 aromatic rings. The van der Waals surface area contributed by atoms with Crippen LogP contribution >= 0.6 is 0 Å². The van der Waals surface area contributed by atoms with Crippen molar-refractivity contribution in [1.29, 1.82) is 0 Å². The van der Waals surface area contributed by atoms with Crippen molar-refractivity contribution in [3.63, 3.8) is 0 Å². The molecule has 0 saturated carbocycles. The van der Waals surface area contributed by atoms with E-state index in [9.17, 15) is 13.2 Å². The first-order chi connectivity index (χ1) is 13.0. The summed E-state index contributed by atoms with van der Waals surface area (Å²) in [5.41, 5.74) is 0.919. The average molecular weight is 386 g/mol. The van der Waals surface area contributed by atoms with E-state index in [1.165, 1.54) is 44.8 Å². The van der Waals surface area contributed by atoms with Crippen LogP contribution in [0, 0.1) is 0 Å². The molecule has 0 aliphatic carbocycles. The Hall–Kier alpha value is -3.13. The number of carbonyl (C=O) groups excluding carboxylic acids is 1. The first-order valence-corrected chi connectivity index (χ1v) is 9.48. The normalized spacial score (nSPS) is 11.2. The number of pyridine rings is 1. The van der Waals surface area contributed by atoms with Gasteiger partial charge in [-0.3, -0.25) is 9.78 Å². The highest BCUT2D eigenvalue weighted by Crippen LogP contribution is 2.30. The lowest BCUT2D eigenvalue weighted by Gasteiger charge is -2.10. The van der Waals surface area contributed by atoms with E-state index in [1.54, 1.807) is 30.5 Å². The number of carbonyl (C=O) groups is 1. The van der Waals surface area contributed by atoms with Gasteiger partial charge in [0.2, 0.25) is 0 Å². The summed E-state index contributed by atoms with van der Waals surface area (Å²) in [5.74, 6) is 0.568. The van der Waals surface area contributed by atoms with Crippen molar-refractivity contribution >= 4 is 15.8 Å². The number of aromatic nitrogens is 2. The highest BCUT2D eigenvalue weighted by Gasteiger charge is 2.20. The summed E-state index contributed by atoms with van der Waals surface area (Å²) in [7, 11) is -0.911. The van der Waals surface area contributed by atoms with Gasteiger partial charge >= 0.3 is 0 Å². The van der Waals surface area contributed by atoms with Crippen LogP contribution in [0.25, 0.3) is 0 Å². The van der Waals surface area contributed by atoms with Crippen molar-refractivity contribution in [1.82, 2.24) is 8.96 Å². The highest BCUT2D eigenvalue weighted by molar-refractivity contribution is 7.90. The smallest absolute Gasteiger partial charge is 0.267 e. The topological polar surface area (TPSA) is 87.5 Å². The van der Waals surface area contributed by atoms with E-state index in [0.717, 1.165) is 3.97 Å². The van der Waals surface area contributed by atoms with Crippen LogP contribution in [-0.4, -0.2) is 37.4 Å². The largest absolute Gasteiger partial charge is 0.493 e. The van der Waals surface area contributed by atoms with Gasteiger partial charge in [0, 0.05) is 31.1 Å². The molecule has 0 unspecified atom stereocenters. The van der Waals surface area contributed by atoms with Crippen LogP contribution in [0.4, 0.5) is 0 Å². The highest BCUT2D eigenvalue weighted by atomic mass is 32.2. The van der Waals surface area contributed by atoms with Gasteiger partial charge in [0.1, 0.15) is 5.69 Å². The SMILES string of the molecule is COc1ccc(S(=O)(=O)n2ccc(CC(=O)c3ccccn3)c2)cc1OC. The van der Waals surface area contributed by atoms with Crippen LogP contribution < -0.4 is 9.47 Å². The first kappa shape index (κ1) is 18.7. The molecule has 0 N–H and O–H groups in total. The van der Waals surface area contributed by atoms with Gasteiger partial charge in [0.05, 0.1) is 19.1 Å². The number of rotatable bonds is 7. The van der Waals surface area contributed by atoms with Crippen LogP contribution in [0.5, 0.6) is 11.5 Å². The Bertz CT molecular complexity index is 1060. The molecule has 27 heavy (non-hydrogen) atoms. The summed E-state index contributed by atoms with van der Waals surface area (Å²) in [5, 5.41) is 0. The monoisotopic (exact) mass is 386 g/mol. The van der Waals surface area contributed by atoms with Crippen molar-refractivity contribution in [2.24, 2.45) is 0 Å². The molecule has 2 aromatic heterocycles. The van der Waals surface area contributed by atoms with Crippen molar-refractivity contribution in [3.8, 4) is 11.5 Å². The number of methoxy groups -OCH3 is 2. The second-order valence-corrected chi connectivity index (χ2v) is 7.53. The third-order valence-corrected chi connectivity index (χ3v) is 5.61. The molecule has 0 amide bonds. The maximum absolute atomic E-state index is 12.8. The minimum absolute atomic E-state index is 0.0540. The van der Waals surface area contributed by atoms with Gasteiger partial charge < -0.3 is 9.47 Å². The van der Waals surface area contributed by atoms with E-state index in [4.69, 9.17) is 9.47 Å². The zero-order valence-corrected chi connectivity index (χ0v) is 15.6.